The minimum atomic E-state index is -0.0387. The van der Waals surface area contributed by atoms with E-state index in [2.05, 4.69) is 41.7 Å². The molecule has 2 aromatic rings. The Morgan fingerprint density at radius 1 is 1.15 bits per heavy atom. The molecule has 0 unspecified atom stereocenters. The molecule has 0 spiro atoms. The number of nitrogens with two attached hydrogens (primary N) is 1. The molecule has 0 atom stereocenters. The number of halogens is 1. The predicted octanol–water partition coefficient (Wildman–Crippen LogP) is 4.39. The molecule has 0 amide bonds. The largest absolute Gasteiger partial charge is 0.439 e. The van der Waals surface area contributed by atoms with Gasteiger partial charge in [0.25, 0.3) is 0 Å². The van der Waals surface area contributed by atoms with E-state index in [1.807, 2.05) is 36.4 Å². The van der Waals surface area contributed by atoms with Gasteiger partial charge in [0.05, 0.1) is 5.69 Å². The first-order valence-electron chi connectivity index (χ1n) is 6.53. The van der Waals surface area contributed by atoms with E-state index >= 15 is 0 Å². The summed E-state index contributed by atoms with van der Waals surface area (Å²) in [6.45, 7) is 6.85. The number of rotatable bonds is 3. The van der Waals surface area contributed by atoms with Crippen LogP contribution in [-0.4, -0.2) is 4.98 Å². The zero-order valence-corrected chi connectivity index (χ0v) is 13.6. The topological polar surface area (TPSA) is 48.1 Å². The van der Waals surface area contributed by atoms with Crippen molar-refractivity contribution < 1.29 is 4.74 Å². The van der Waals surface area contributed by atoms with Gasteiger partial charge in [0.2, 0.25) is 5.88 Å². The summed E-state index contributed by atoms with van der Waals surface area (Å²) < 4.78 is 6.84. The zero-order valence-electron chi connectivity index (χ0n) is 12.0. The molecule has 4 heteroatoms. The molecule has 2 rings (SSSR count). The second kappa shape index (κ2) is 5.94. The smallest absolute Gasteiger partial charge is 0.219 e. The molecule has 3 nitrogen and oxygen atoms in total. The molecule has 1 aromatic carbocycles. The number of ether oxygens (including phenoxy) is 1. The summed E-state index contributed by atoms with van der Waals surface area (Å²) in [5.41, 5.74) is 7.72. The van der Waals surface area contributed by atoms with Gasteiger partial charge < -0.3 is 10.5 Å². The molecule has 1 heterocycles. The standard InChI is InChI=1S/C16H19BrN2O/c1-16(2,3)14-8-11(10-18)9-15(19-14)20-13-6-4-12(17)5-7-13/h4-9H,10,18H2,1-3H3. The number of nitrogens with zero attached hydrogens (tertiary/aromatic N) is 1. The van der Waals surface area contributed by atoms with Crippen LogP contribution in [0.1, 0.15) is 32.0 Å². The van der Waals surface area contributed by atoms with Gasteiger partial charge in [0, 0.05) is 22.5 Å². The van der Waals surface area contributed by atoms with E-state index in [1.165, 1.54) is 0 Å². The van der Waals surface area contributed by atoms with Gasteiger partial charge >= 0.3 is 0 Å². The second-order valence-electron chi connectivity index (χ2n) is 5.71. The average Bonchev–Trinajstić information content (AvgIpc) is 2.40. The van der Waals surface area contributed by atoms with Gasteiger partial charge in [-0.05, 0) is 35.9 Å². The minimum Gasteiger partial charge on any atom is -0.439 e. The summed E-state index contributed by atoms with van der Waals surface area (Å²) in [5.74, 6) is 1.34. The van der Waals surface area contributed by atoms with E-state index in [0.717, 1.165) is 21.5 Å². The maximum absolute atomic E-state index is 5.82. The molecule has 0 bridgehead atoms. The van der Waals surface area contributed by atoms with Crippen LogP contribution in [0.15, 0.2) is 40.9 Å². The van der Waals surface area contributed by atoms with Crippen molar-refractivity contribution in [3.8, 4) is 11.6 Å². The third-order valence-corrected chi connectivity index (χ3v) is 3.43. The van der Waals surface area contributed by atoms with Crippen LogP contribution in [0.4, 0.5) is 0 Å². The van der Waals surface area contributed by atoms with Crippen LogP contribution in [0.2, 0.25) is 0 Å². The van der Waals surface area contributed by atoms with Crippen LogP contribution in [-0.2, 0) is 12.0 Å². The first-order chi connectivity index (χ1) is 9.38. The van der Waals surface area contributed by atoms with Gasteiger partial charge in [0.15, 0.2) is 0 Å². The monoisotopic (exact) mass is 334 g/mol. The van der Waals surface area contributed by atoms with Gasteiger partial charge in [0.1, 0.15) is 5.75 Å². The molecule has 0 saturated heterocycles. The third kappa shape index (κ3) is 3.81. The maximum atomic E-state index is 5.82. The summed E-state index contributed by atoms with van der Waals surface area (Å²) in [6.07, 6.45) is 0. The molecule has 106 valence electrons. The highest BCUT2D eigenvalue weighted by atomic mass is 79.9. The summed E-state index contributed by atoms with van der Waals surface area (Å²) >= 11 is 3.40. The maximum Gasteiger partial charge on any atom is 0.219 e. The lowest BCUT2D eigenvalue weighted by Crippen LogP contribution is -2.15. The van der Waals surface area contributed by atoms with E-state index in [4.69, 9.17) is 10.5 Å². The quantitative estimate of drug-likeness (QED) is 0.905. The summed E-state index contributed by atoms with van der Waals surface area (Å²) in [6, 6.07) is 11.6. The van der Waals surface area contributed by atoms with Crippen molar-refractivity contribution in [1.29, 1.82) is 0 Å². The Morgan fingerprint density at radius 2 is 1.80 bits per heavy atom. The van der Waals surface area contributed by atoms with Crippen LogP contribution < -0.4 is 10.5 Å². The predicted molar refractivity (Wildman–Crippen MR) is 85.0 cm³/mol. The Morgan fingerprint density at radius 3 is 2.35 bits per heavy atom. The van der Waals surface area contributed by atoms with Crippen molar-refractivity contribution >= 4 is 15.9 Å². The highest BCUT2D eigenvalue weighted by Gasteiger charge is 2.17. The van der Waals surface area contributed by atoms with Gasteiger partial charge in [-0.15, -0.1) is 0 Å². The van der Waals surface area contributed by atoms with Crippen LogP contribution in [0.5, 0.6) is 11.6 Å². The van der Waals surface area contributed by atoms with Gasteiger partial charge in [-0.2, -0.15) is 0 Å². The Balaban J connectivity index is 2.33. The van der Waals surface area contributed by atoms with Crippen molar-refractivity contribution in [2.24, 2.45) is 5.73 Å². The molecule has 2 N–H and O–H groups in total. The lowest BCUT2D eigenvalue weighted by molar-refractivity contribution is 0.450. The molecule has 0 radical (unpaired) electrons. The average molecular weight is 335 g/mol. The summed E-state index contributed by atoms with van der Waals surface area (Å²) in [5, 5.41) is 0. The summed E-state index contributed by atoms with van der Waals surface area (Å²) in [7, 11) is 0. The number of hydrogen-bond acceptors (Lipinski definition) is 3. The van der Waals surface area contributed by atoms with E-state index < -0.39 is 0 Å². The molecule has 0 aliphatic rings. The fourth-order valence-electron chi connectivity index (χ4n) is 1.74. The molecular formula is C16H19BrN2O. The number of benzene rings is 1. The second-order valence-corrected chi connectivity index (χ2v) is 6.62. The van der Waals surface area contributed by atoms with Gasteiger partial charge in [-0.1, -0.05) is 36.7 Å². The highest BCUT2D eigenvalue weighted by Crippen LogP contribution is 2.27. The Hall–Kier alpha value is -1.39. The van der Waals surface area contributed by atoms with Crippen LogP contribution >= 0.6 is 15.9 Å². The first kappa shape index (κ1) is 15.0. The molecule has 20 heavy (non-hydrogen) atoms. The lowest BCUT2D eigenvalue weighted by Gasteiger charge is -2.19. The Labute approximate surface area is 128 Å². The van der Waals surface area contributed by atoms with Crippen molar-refractivity contribution in [2.45, 2.75) is 32.7 Å². The SMILES string of the molecule is CC(C)(C)c1cc(CN)cc(Oc2ccc(Br)cc2)n1. The van der Waals surface area contributed by atoms with E-state index in [1.54, 1.807) is 0 Å². The van der Waals surface area contributed by atoms with Crippen LogP contribution in [0, 0.1) is 0 Å². The molecule has 1 aromatic heterocycles. The zero-order chi connectivity index (χ0) is 14.8. The number of hydrogen-bond donors (Lipinski definition) is 1. The van der Waals surface area contributed by atoms with Crippen molar-refractivity contribution in [3.63, 3.8) is 0 Å². The molecule has 0 aliphatic carbocycles. The molecular weight excluding hydrogens is 316 g/mol. The lowest BCUT2D eigenvalue weighted by atomic mass is 9.91. The Bertz CT molecular complexity index is 588. The third-order valence-electron chi connectivity index (χ3n) is 2.90. The van der Waals surface area contributed by atoms with E-state index in [-0.39, 0.29) is 5.41 Å². The van der Waals surface area contributed by atoms with Crippen LogP contribution in [0.25, 0.3) is 0 Å². The number of aromatic nitrogens is 1. The van der Waals surface area contributed by atoms with Crippen molar-refractivity contribution in [1.82, 2.24) is 4.98 Å². The fraction of sp³-hybridized carbons (Fsp3) is 0.312. The Kier molecular flexibility index (Phi) is 4.45. The van der Waals surface area contributed by atoms with Gasteiger partial charge in [-0.25, -0.2) is 4.98 Å². The van der Waals surface area contributed by atoms with Gasteiger partial charge in [-0.3, -0.25) is 0 Å². The molecule has 0 aliphatic heterocycles. The normalized spacial score (nSPS) is 11.4. The van der Waals surface area contributed by atoms with Crippen molar-refractivity contribution in [2.75, 3.05) is 0 Å². The first-order valence-corrected chi connectivity index (χ1v) is 7.33. The van der Waals surface area contributed by atoms with E-state index in [0.29, 0.717) is 12.4 Å². The highest BCUT2D eigenvalue weighted by molar-refractivity contribution is 9.10. The van der Waals surface area contributed by atoms with Crippen molar-refractivity contribution in [3.05, 3.63) is 52.1 Å². The summed E-state index contributed by atoms with van der Waals surface area (Å²) in [4.78, 5) is 4.58. The number of pyridine rings is 1. The molecule has 0 saturated carbocycles. The minimum absolute atomic E-state index is 0.0387. The fourth-order valence-corrected chi connectivity index (χ4v) is 2.00. The van der Waals surface area contributed by atoms with Crippen LogP contribution in [0.3, 0.4) is 0 Å². The molecule has 0 fully saturated rings. The van der Waals surface area contributed by atoms with E-state index in [9.17, 15) is 0 Å².